The number of hydrogen-bond acceptors (Lipinski definition) is 12. The average molecular weight is 1190 g/mol. The Morgan fingerprint density at radius 2 is 1.58 bits per heavy atom. The van der Waals surface area contributed by atoms with Gasteiger partial charge in [-0.1, -0.05) is 23.6 Å². The van der Waals surface area contributed by atoms with Crippen molar-refractivity contribution in [2.24, 2.45) is 5.92 Å². The Morgan fingerprint density at radius 3 is 2.13 bits per heavy atom. The first kappa shape index (κ1) is 59.3. The molecule has 0 saturated heterocycles. The van der Waals surface area contributed by atoms with Gasteiger partial charge in [0.05, 0.1) is 40.0 Å². The summed E-state index contributed by atoms with van der Waals surface area (Å²) in [5, 5.41) is 19.5. The fourth-order valence-electron chi connectivity index (χ4n) is 8.65. The highest BCUT2D eigenvalue weighted by atomic mass is 35.5. The highest BCUT2D eigenvalue weighted by Crippen LogP contribution is 2.68. The number of phosphoric acid groups is 1. The minimum absolute atomic E-state index is 0.0778. The van der Waals surface area contributed by atoms with Crippen molar-refractivity contribution in [3.05, 3.63) is 93.0 Å². The third kappa shape index (κ3) is 12.4. The predicted octanol–water partition coefficient (Wildman–Crippen LogP) is 6.72. The second-order valence-corrected chi connectivity index (χ2v) is 24.6. The van der Waals surface area contributed by atoms with Crippen LogP contribution >= 0.6 is 19.4 Å². The summed E-state index contributed by atoms with van der Waals surface area (Å²) in [6, 6.07) is -0.507. The lowest BCUT2D eigenvalue weighted by atomic mass is 9.93. The molecular weight excluding hydrogens is 1150 g/mol. The zero-order chi connectivity index (χ0) is 58.4. The van der Waals surface area contributed by atoms with Crippen LogP contribution in [0.5, 0.6) is 0 Å². The minimum atomic E-state index is -5.51. The Kier molecular flexibility index (Phi) is 15.5. The van der Waals surface area contributed by atoms with E-state index in [0.717, 1.165) is 49.6 Å². The molecule has 34 heteroatoms. The van der Waals surface area contributed by atoms with E-state index in [0.29, 0.717) is 12.3 Å². The number of aliphatic carboxylic acids is 1. The molecule has 5 atom stereocenters. The second-order valence-electron chi connectivity index (χ2n) is 18.6. The number of nitrogens with zero attached hydrogens (tertiary/aromatic N) is 6. The summed E-state index contributed by atoms with van der Waals surface area (Å²) >= 11 is 6.59. The van der Waals surface area contributed by atoms with Gasteiger partial charge < -0.3 is 25.5 Å². The number of urea groups is 1. The zero-order valence-corrected chi connectivity index (χ0v) is 43.7. The maximum atomic E-state index is 15.6. The molecule has 0 bridgehead atoms. The summed E-state index contributed by atoms with van der Waals surface area (Å²) in [5.74, 6) is -8.88. The molecule has 3 heterocycles. The van der Waals surface area contributed by atoms with Crippen LogP contribution in [0.25, 0.3) is 22.0 Å². The number of nitrogens with one attached hydrogen (secondary N) is 2. The zero-order valence-electron chi connectivity index (χ0n) is 40.4. The third-order valence-corrected chi connectivity index (χ3v) is 16.2. The standard InChI is InChI=1S/C44H40ClF10N8O12PS2/c1-19(75-76(68,69)70)33(39(65)66)58-40(67)63(78(5,73)74)38-32-28(45)9-8-25(35(32)62(60-38)18-42(48,49)50)24-7-6-23(10-11-41(2,3)77(4,71)72)56-34(24)29(14-20-12-21(46)15-22(47)13-20)57-30(64)17-61-37-31(36(59-61)44(53,54)55)26-16-27(26)43(37,51)52/h6-9,12-13,15,19,26-27,29,33H,14,16-18H2,1-5H3,(H,57,64)(H,58,67)(H,65,66)(H2,68,69,70)/t19?,26-,27+,29?,33?/m0/s1. The fourth-order valence-corrected chi connectivity index (χ4v) is 10.5. The summed E-state index contributed by atoms with van der Waals surface area (Å²) in [7, 11) is -14.7. The van der Waals surface area contributed by atoms with Crippen LogP contribution in [-0.4, -0.2) is 110 Å². The van der Waals surface area contributed by atoms with Gasteiger partial charge in [-0.25, -0.2) is 44.8 Å². The fraction of sp³-hybridized carbons (Fsp3) is 0.409. The number of benzene rings is 2. The topological polar surface area (TPSA) is 282 Å². The van der Waals surface area contributed by atoms with Gasteiger partial charge in [-0.2, -0.15) is 49.6 Å². The summed E-state index contributed by atoms with van der Waals surface area (Å²) in [4.78, 5) is 63.4. The van der Waals surface area contributed by atoms with Crippen molar-refractivity contribution in [3.63, 3.8) is 0 Å². The number of amides is 3. The molecular formula is C44H40ClF10N8O12PS2. The van der Waals surface area contributed by atoms with Crippen LogP contribution in [0.15, 0.2) is 42.5 Å². The van der Waals surface area contributed by atoms with Crippen LogP contribution in [0.4, 0.5) is 54.5 Å². The summed E-state index contributed by atoms with van der Waals surface area (Å²) in [6.45, 7) is -0.419. The first-order valence-corrected chi connectivity index (χ1v) is 27.8. The van der Waals surface area contributed by atoms with Crippen LogP contribution in [0.1, 0.15) is 73.1 Å². The molecule has 7 rings (SSSR count). The SMILES string of the molecule is CC(OP(=O)(O)O)C(NC(=O)N(c1nn(CC(F)(F)F)c2c(-c3ccc(C#CC(C)(C)S(C)(=O)=O)nc3C(Cc3cc(F)cc(F)c3)NC(=O)Cn3nc(C(F)(F)F)c4c3C(F)(F)[C@@H]3C[C@H]43)ccc(Cl)c12)S(C)(=O)=O)C(=O)O. The maximum absolute atomic E-state index is 15.6. The van der Waals surface area contributed by atoms with Gasteiger partial charge >= 0.3 is 32.2 Å². The van der Waals surface area contributed by atoms with Gasteiger partial charge in [-0.15, -0.1) is 0 Å². The number of sulfone groups is 1. The maximum Gasteiger partial charge on any atom is 0.469 e. The molecule has 5 aromatic rings. The van der Waals surface area contributed by atoms with E-state index >= 15 is 8.78 Å². The quantitative estimate of drug-likeness (QED) is 0.0390. The summed E-state index contributed by atoms with van der Waals surface area (Å²) < 4.78 is 214. The van der Waals surface area contributed by atoms with E-state index in [9.17, 15) is 85.8 Å². The number of hydrogen-bond donors (Lipinski definition) is 5. The summed E-state index contributed by atoms with van der Waals surface area (Å²) in [6.07, 6.45) is -12.7. The van der Waals surface area contributed by atoms with Crippen molar-refractivity contribution in [1.82, 2.24) is 35.2 Å². The Morgan fingerprint density at radius 1 is 0.962 bits per heavy atom. The predicted molar refractivity (Wildman–Crippen MR) is 253 cm³/mol. The number of carbonyl (C=O) groups is 3. The molecule has 5 N–H and O–H groups in total. The molecule has 3 unspecified atom stereocenters. The lowest BCUT2D eigenvalue weighted by molar-refractivity contribution is -0.143. The molecule has 0 radical (unpaired) electrons. The van der Waals surface area contributed by atoms with Crippen LogP contribution in [0, 0.1) is 29.4 Å². The van der Waals surface area contributed by atoms with Crippen molar-refractivity contribution in [3.8, 4) is 23.0 Å². The Labute approximate surface area is 439 Å². The van der Waals surface area contributed by atoms with E-state index in [1.807, 2.05) is 0 Å². The highest BCUT2D eigenvalue weighted by Gasteiger charge is 2.68. The number of phosphoric ester groups is 1. The molecule has 78 heavy (non-hydrogen) atoms. The molecule has 2 aromatic carbocycles. The number of carbonyl (C=O) groups excluding carboxylic acids is 2. The van der Waals surface area contributed by atoms with Gasteiger partial charge in [0.25, 0.3) is 5.92 Å². The molecule has 0 aliphatic heterocycles. The normalized spacial score (nSPS) is 17.6. The van der Waals surface area contributed by atoms with E-state index < -0.39 is 191 Å². The third-order valence-electron chi connectivity index (χ3n) is 12.3. The number of halogens is 11. The Balaban J connectivity index is 1.48. The van der Waals surface area contributed by atoms with Crippen molar-refractivity contribution >= 4 is 73.9 Å². The van der Waals surface area contributed by atoms with Gasteiger partial charge in [-0.3, -0.25) is 18.7 Å². The Hall–Kier alpha value is -6.36. The van der Waals surface area contributed by atoms with Crippen LogP contribution in [0.3, 0.4) is 0 Å². The monoisotopic (exact) mass is 1190 g/mol. The van der Waals surface area contributed by atoms with Gasteiger partial charge in [0.1, 0.15) is 40.9 Å². The van der Waals surface area contributed by atoms with Crippen LogP contribution in [0.2, 0.25) is 5.02 Å². The number of carboxylic acid groups (broad SMARTS) is 1. The van der Waals surface area contributed by atoms with Gasteiger partial charge in [-0.05, 0) is 81.3 Å². The molecule has 2 aliphatic rings. The van der Waals surface area contributed by atoms with Crippen molar-refractivity contribution in [1.29, 1.82) is 0 Å². The molecule has 2 aliphatic carbocycles. The number of anilines is 1. The van der Waals surface area contributed by atoms with Crippen molar-refractivity contribution in [2.75, 3.05) is 16.8 Å². The molecule has 1 fully saturated rings. The molecule has 20 nitrogen and oxygen atoms in total. The largest absolute Gasteiger partial charge is 0.480 e. The number of alkyl halides is 8. The number of rotatable bonds is 16. The van der Waals surface area contributed by atoms with E-state index in [2.05, 4.69) is 36.9 Å². The van der Waals surface area contributed by atoms with Crippen molar-refractivity contribution < 1.29 is 99.1 Å². The number of pyridine rings is 1. The average Bonchev–Trinajstić information content (AvgIpc) is 3.87. The van der Waals surface area contributed by atoms with E-state index in [-0.39, 0.29) is 25.7 Å². The van der Waals surface area contributed by atoms with Crippen LogP contribution < -0.4 is 14.9 Å². The molecule has 422 valence electrons. The van der Waals surface area contributed by atoms with E-state index in [1.165, 1.54) is 13.8 Å². The van der Waals surface area contributed by atoms with Gasteiger partial charge in [0.2, 0.25) is 15.9 Å². The van der Waals surface area contributed by atoms with Crippen LogP contribution in [-0.2, 0) is 70.1 Å². The smallest absolute Gasteiger partial charge is 0.469 e. The van der Waals surface area contributed by atoms with Crippen molar-refractivity contribution in [2.45, 2.75) is 93.8 Å². The lowest BCUT2D eigenvalue weighted by Gasteiger charge is -2.25. The lowest BCUT2D eigenvalue weighted by Crippen LogP contribution is -2.54. The van der Waals surface area contributed by atoms with E-state index in [4.69, 9.17) is 11.6 Å². The van der Waals surface area contributed by atoms with Gasteiger partial charge in [0.15, 0.2) is 27.4 Å². The number of aromatic nitrogens is 5. The number of sulfonamides is 1. The molecule has 3 amide bonds. The highest BCUT2D eigenvalue weighted by molar-refractivity contribution is 7.93. The minimum Gasteiger partial charge on any atom is -0.480 e. The molecule has 0 spiro atoms. The van der Waals surface area contributed by atoms with E-state index in [1.54, 1.807) is 5.32 Å². The van der Waals surface area contributed by atoms with Gasteiger partial charge in [0, 0.05) is 34.9 Å². The number of fused-ring (bicyclic) bond motifs is 4. The second kappa shape index (κ2) is 20.4. The Bertz CT molecular complexity index is 3630. The molecule has 3 aromatic heterocycles. The first-order chi connectivity index (χ1) is 35.6. The molecule has 1 saturated carbocycles. The summed E-state index contributed by atoms with van der Waals surface area (Å²) in [5.41, 5.74) is -6.85. The first-order valence-electron chi connectivity index (χ1n) is 22.2. The number of carboxylic acids is 1.